The van der Waals surface area contributed by atoms with E-state index in [2.05, 4.69) is 0 Å². The molecule has 0 unspecified atom stereocenters. The fraction of sp³-hybridized carbons (Fsp3) is 0.111. The molecule has 0 radical (unpaired) electrons. The van der Waals surface area contributed by atoms with E-state index in [1.807, 2.05) is 13.8 Å². The van der Waals surface area contributed by atoms with E-state index in [4.69, 9.17) is 9.47 Å². The lowest BCUT2D eigenvalue weighted by Crippen LogP contribution is -2.05. The predicted octanol–water partition coefficient (Wildman–Crippen LogP) is 3.76. The van der Waals surface area contributed by atoms with Crippen LogP contribution in [0.15, 0.2) is 72.9 Å². The molecule has 0 amide bonds. The maximum absolute atomic E-state index is 11.5. The molecule has 22 heavy (non-hydrogen) atoms. The van der Waals surface area contributed by atoms with Gasteiger partial charge in [0.25, 0.3) is 0 Å². The number of hydrogen-bond acceptors (Lipinski definition) is 4. The molecule has 0 spiro atoms. The van der Waals surface area contributed by atoms with Crippen LogP contribution in [0.1, 0.15) is 13.8 Å². The van der Waals surface area contributed by atoms with Gasteiger partial charge in [-0.1, -0.05) is 36.5 Å². The van der Waals surface area contributed by atoms with Gasteiger partial charge in [-0.15, -0.1) is 0 Å². The Morgan fingerprint density at radius 1 is 0.727 bits per heavy atom. The van der Waals surface area contributed by atoms with E-state index >= 15 is 0 Å². The van der Waals surface area contributed by atoms with Crippen molar-refractivity contribution in [1.82, 2.24) is 0 Å². The maximum Gasteiger partial charge on any atom is 0.336 e. The summed E-state index contributed by atoms with van der Waals surface area (Å²) in [6.07, 6.45) is 12.9. The van der Waals surface area contributed by atoms with Crippen LogP contribution in [0.4, 0.5) is 0 Å². The zero-order valence-electron chi connectivity index (χ0n) is 12.6. The van der Waals surface area contributed by atoms with Crippen molar-refractivity contribution in [3.05, 3.63) is 72.9 Å². The van der Waals surface area contributed by atoms with Gasteiger partial charge < -0.3 is 9.47 Å². The van der Waals surface area contributed by atoms with E-state index in [0.29, 0.717) is 11.5 Å². The summed E-state index contributed by atoms with van der Waals surface area (Å²) in [5.74, 6) is -0.201. The first-order valence-corrected chi connectivity index (χ1v) is 6.78. The molecule has 0 aliphatic carbocycles. The number of allylic oxidation sites excluding steroid dienone is 6. The summed E-state index contributed by atoms with van der Waals surface area (Å²) in [6, 6.07) is 6.22. The number of rotatable bonds is 6. The van der Waals surface area contributed by atoms with Gasteiger partial charge in [0.2, 0.25) is 0 Å². The van der Waals surface area contributed by atoms with Gasteiger partial charge in [0.1, 0.15) is 11.5 Å². The number of carbonyl (C=O) groups is 2. The predicted molar refractivity (Wildman–Crippen MR) is 85.6 cm³/mol. The first-order valence-electron chi connectivity index (χ1n) is 6.78. The Kier molecular flexibility index (Phi) is 7.76. The second kappa shape index (κ2) is 9.94. The van der Waals surface area contributed by atoms with Crippen molar-refractivity contribution < 1.29 is 19.1 Å². The average Bonchev–Trinajstić information content (AvgIpc) is 2.50. The molecule has 0 N–H and O–H groups in total. The summed E-state index contributed by atoms with van der Waals surface area (Å²) in [5.41, 5.74) is 0. The zero-order valence-corrected chi connectivity index (χ0v) is 12.6. The Bertz CT molecular complexity index is 549. The van der Waals surface area contributed by atoms with Gasteiger partial charge >= 0.3 is 11.9 Å². The SMILES string of the molecule is C/C=C/C=C/C(=O)Oc1ccc(OC(=O)/C=C/C=C/C)cc1. The van der Waals surface area contributed by atoms with Gasteiger partial charge in [0, 0.05) is 12.2 Å². The van der Waals surface area contributed by atoms with E-state index in [-0.39, 0.29) is 0 Å². The van der Waals surface area contributed by atoms with E-state index < -0.39 is 11.9 Å². The summed E-state index contributed by atoms with van der Waals surface area (Å²) < 4.78 is 10.2. The van der Waals surface area contributed by atoms with E-state index in [0.717, 1.165) is 0 Å². The molecule has 0 saturated carbocycles. The Morgan fingerprint density at radius 3 is 1.41 bits per heavy atom. The second-order valence-corrected chi connectivity index (χ2v) is 4.08. The highest BCUT2D eigenvalue weighted by atomic mass is 16.5. The molecule has 0 heterocycles. The third kappa shape index (κ3) is 7.05. The van der Waals surface area contributed by atoms with E-state index in [1.54, 1.807) is 60.7 Å². The van der Waals surface area contributed by atoms with Gasteiger partial charge in [0.05, 0.1) is 0 Å². The molecule has 0 aliphatic heterocycles. The summed E-state index contributed by atoms with van der Waals surface area (Å²) in [4.78, 5) is 22.9. The van der Waals surface area contributed by atoms with Crippen LogP contribution in [-0.4, -0.2) is 11.9 Å². The molecule has 4 heteroatoms. The van der Waals surface area contributed by atoms with Crippen LogP contribution in [0.2, 0.25) is 0 Å². The van der Waals surface area contributed by atoms with Crippen LogP contribution in [0.5, 0.6) is 11.5 Å². The average molecular weight is 298 g/mol. The highest BCUT2D eigenvalue weighted by molar-refractivity contribution is 5.85. The van der Waals surface area contributed by atoms with Crippen LogP contribution >= 0.6 is 0 Å². The largest absolute Gasteiger partial charge is 0.423 e. The molecule has 1 aromatic carbocycles. The van der Waals surface area contributed by atoms with Gasteiger partial charge in [0.15, 0.2) is 0 Å². The number of hydrogen-bond donors (Lipinski definition) is 0. The normalized spacial score (nSPS) is 11.7. The van der Waals surface area contributed by atoms with Crippen molar-refractivity contribution in [3.8, 4) is 11.5 Å². The van der Waals surface area contributed by atoms with Crippen LogP contribution in [0, 0.1) is 0 Å². The fourth-order valence-corrected chi connectivity index (χ4v) is 1.37. The molecule has 4 nitrogen and oxygen atoms in total. The molecule has 0 fully saturated rings. The third-order valence-electron chi connectivity index (χ3n) is 2.33. The molecular formula is C18H18O4. The van der Waals surface area contributed by atoms with Crippen LogP contribution in [-0.2, 0) is 9.59 Å². The lowest BCUT2D eigenvalue weighted by molar-refractivity contribution is -0.130. The molecule has 114 valence electrons. The highest BCUT2D eigenvalue weighted by Crippen LogP contribution is 2.18. The van der Waals surface area contributed by atoms with Gasteiger partial charge in [-0.25, -0.2) is 9.59 Å². The lowest BCUT2D eigenvalue weighted by Gasteiger charge is -2.03. The molecule has 0 saturated heterocycles. The van der Waals surface area contributed by atoms with Crippen LogP contribution in [0.3, 0.4) is 0 Å². The molecular weight excluding hydrogens is 280 g/mol. The molecule has 0 atom stereocenters. The Balaban J connectivity index is 2.56. The molecule has 1 aromatic rings. The quantitative estimate of drug-likeness (QED) is 0.347. The molecule has 1 rings (SSSR count). The third-order valence-corrected chi connectivity index (χ3v) is 2.33. The van der Waals surface area contributed by atoms with Crippen LogP contribution < -0.4 is 9.47 Å². The summed E-state index contributed by atoms with van der Waals surface area (Å²) in [5, 5.41) is 0. The standard InChI is InChI=1S/C18H18O4/c1-3-5-7-9-17(19)21-15-11-13-16(14-12-15)22-18(20)10-8-6-4-2/h3-14H,1-2H3/b5-3+,6-4+,9-7+,10-8+. The number of esters is 2. The van der Waals surface area contributed by atoms with Crippen molar-refractivity contribution in [1.29, 1.82) is 0 Å². The van der Waals surface area contributed by atoms with Crippen molar-refractivity contribution in [2.24, 2.45) is 0 Å². The minimum Gasteiger partial charge on any atom is -0.423 e. The van der Waals surface area contributed by atoms with Gasteiger partial charge in [-0.2, -0.15) is 0 Å². The van der Waals surface area contributed by atoms with Gasteiger partial charge in [-0.05, 0) is 38.1 Å². The summed E-state index contributed by atoms with van der Waals surface area (Å²) in [7, 11) is 0. The minimum atomic E-state index is -0.475. The van der Waals surface area contributed by atoms with Crippen molar-refractivity contribution in [2.45, 2.75) is 13.8 Å². The monoisotopic (exact) mass is 298 g/mol. The van der Waals surface area contributed by atoms with Gasteiger partial charge in [-0.3, -0.25) is 0 Å². The Morgan fingerprint density at radius 2 is 1.09 bits per heavy atom. The second-order valence-electron chi connectivity index (χ2n) is 4.08. The summed E-state index contributed by atoms with van der Waals surface area (Å²) >= 11 is 0. The van der Waals surface area contributed by atoms with Crippen molar-refractivity contribution in [2.75, 3.05) is 0 Å². The Labute approximate surface area is 130 Å². The lowest BCUT2D eigenvalue weighted by atomic mass is 10.3. The topological polar surface area (TPSA) is 52.6 Å². The van der Waals surface area contributed by atoms with E-state index in [9.17, 15) is 9.59 Å². The minimum absolute atomic E-state index is 0.374. The Hall–Kier alpha value is -2.88. The fourth-order valence-electron chi connectivity index (χ4n) is 1.37. The highest BCUT2D eigenvalue weighted by Gasteiger charge is 2.03. The number of ether oxygens (including phenoxy) is 2. The maximum atomic E-state index is 11.5. The van der Waals surface area contributed by atoms with Crippen molar-refractivity contribution in [3.63, 3.8) is 0 Å². The smallest absolute Gasteiger partial charge is 0.336 e. The summed E-state index contributed by atoms with van der Waals surface area (Å²) in [6.45, 7) is 3.70. The van der Waals surface area contributed by atoms with E-state index in [1.165, 1.54) is 12.2 Å². The number of benzene rings is 1. The molecule has 0 bridgehead atoms. The van der Waals surface area contributed by atoms with Crippen molar-refractivity contribution >= 4 is 11.9 Å². The van der Waals surface area contributed by atoms with Crippen LogP contribution in [0.25, 0.3) is 0 Å². The number of carbonyl (C=O) groups excluding carboxylic acids is 2. The first kappa shape index (κ1) is 17.2. The molecule has 0 aromatic heterocycles. The zero-order chi connectivity index (χ0) is 16.2. The first-order chi connectivity index (χ1) is 10.7. The molecule has 0 aliphatic rings.